The molecule has 0 spiro atoms. The zero-order chi connectivity index (χ0) is 19.0. The van der Waals surface area contributed by atoms with Crippen LogP contribution in [0.4, 0.5) is 0 Å². The smallest absolute Gasteiger partial charge is 0.261 e. The van der Waals surface area contributed by atoms with Gasteiger partial charge in [-0.15, -0.1) is 6.58 Å². The maximum absolute atomic E-state index is 12.9. The Hall–Kier alpha value is -3.06. The molecule has 0 unspecified atom stereocenters. The minimum absolute atomic E-state index is 0.241. The highest BCUT2D eigenvalue weighted by atomic mass is 32.1. The molecule has 0 bridgehead atoms. The lowest BCUT2D eigenvalue weighted by Gasteiger charge is -2.27. The summed E-state index contributed by atoms with van der Waals surface area (Å²) >= 11 is 5.21. The molecule has 0 saturated heterocycles. The highest BCUT2D eigenvalue weighted by molar-refractivity contribution is 7.71. The second-order valence-corrected chi connectivity index (χ2v) is 6.81. The van der Waals surface area contributed by atoms with E-state index < -0.39 is 0 Å². The van der Waals surface area contributed by atoms with Crippen molar-refractivity contribution < 1.29 is 9.59 Å². The number of carbonyl (C=O) groups is 2. The predicted octanol–water partition coefficient (Wildman–Crippen LogP) is 3.51. The summed E-state index contributed by atoms with van der Waals surface area (Å²) in [4.78, 5) is 27.1. The number of allylic oxidation sites excluding steroid dienone is 1. The fourth-order valence-electron chi connectivity index (χ4n) is 3.54. The topological polar surface area (TPSA) is 71.0 Å². The van der Waals surface area contributed by atoms with E-state index in [0.717, 1.165) is 16.6 Å². The zero-order valence-corrected chi connectivity index (χ0v) is 15.5. The molecule has 2 aromatic carbocycles. The van der Waals surface area contributed by atoms with Crippen LogP contribution in [-0.4, -0.2) is 38.0 Å². The lowest BCUT2D eigenvalue weighted by Crippen LogP contribution is -2.41. The Kier molecular flexibility index (Phi) is 4.45. The number of nitrogens with one attached hydrogen (secondary N) is 1. The van der Waals surface area contributed by atoms with Gasteiger partial charge in [0.25, 0.3) is 11.8 Å². The predicted molar refractivity (Wildman–Crippen MR) is 105 cm³/mol. The van der Waals surface area contributed by atoms with Gasteiger partial charge in [-0.3, -0.25) is 19.6 Å². The number of aryl methyl sites for hydroxylation is 1. The number of imide groups is 1. The highest BCUT2D eigenvalue weighted by Gasteiger charge is 2.32. The van der Waals surface area contributed by atoms with Crippen LogP contribution in [0.3, 0.4) is 0 Å². The Morgan fingerprint density at radius 2 is 1.78 bits per heavy atom. The van der Waals surface area contributed by atoms with E-state index in [1.165, 1.54) is 4.90 Å². The number of hydrogen-bond acceptors (Lipinski definition) is 4. The van der Waals surface area contributed by atoms with Crippen LogP contribution in [0.2, 0.25) is 0 Å². The van der Waals surface area contributed by atoms with Crippen molar-refractivity contribution in [2.24, 2.45) is 0 Å². The summed E-state index contributed by atoms with van der Waals surface area (Å²) in [5.74, 6) is 0.308. The van der Waals surface area contributed by atoms with Gasteiger partial charge in [0.15, 0.2) is 4.77 Å². The molecular formula is C20H18N4O2S. The van der Waals surface area contributed by atoms with Gasteiger partial charge in [-0.2, -0.15) is 5.10 Å². The van der Waals surface area contributed by atoms with Gasteiger partial charge >= 0.3 is 0 Å². The Balaban J connectivity index is 1.56. The lowest BCUT2D eigenvalue weighted by atomic mass is 9.94. The fraction of sp³-hybridized carbons (Fsp3) is 0.200. The van der Waals surface area contributed by atoms with Crippen molar-refractivity contribution in [3.8, 4) is 0 Å². The molecule has 1 aliphatic heterocycles. The van der Waals surface area contributed by atoms with E-state index in [4.69, 9.17) is 12.2 Å². The molecule has 1 aliphatic rings. The maximum Gasteiger partial charge on any atom is 0.261 e. The molecule has 4 rings (SSSR count). The highest BCUT2D eigenvalue weighted by Crippen LogP contribution is 2.30. The molecule has 0 atom stereocenters. The molecule has 1 aromatic heterocycles. The van der Waals surface area contributed by atoms with Crippen LogP contribution >= 0.6 is 12.2 Å². The van der Waals surface area contributed by atoms with Crippen LogP contribution < -0.4 is 0 Å². The SMILES string of the molecule is C=CCn1c(CCCN2C(=O)c3cccc4cccc(c34)C2=O)n[nH]c1=S. The van der Waals surface area contributed by atoms with Gasteiger partial charge in [-0.25, -0.2) is 0 Å². The number of carbonyl (C=O) groups excluding carboxylic acids is 2. The number of rotatable bonds is 6. The number of aromatic amines is 1. The summed E-state index contributed by atoms with van der Waals surface area (Å²) in [6.45, 7) is 4.63. The van der Waals surface area contributed by atoms with E-state index in [-0.39, 0.29) is 11.8 Å². The van der Waals surface area contributed by atoms with Gasteiger partial charge in [-0.05, 0) is 36.2 Å². The van der Waals surface area contributed by atoms with Crippen LogP contribution in [0.15, 0.2) is 49.1 Å². The molecule has 0 radical (unpaired) electrons. The molecule has 2 amide bonds. The van der Waals surface area contributed by atoms with E-state index in [0.29, 0.717) is 41.8 Å². The minimum Gasteiger partial charge on any atom is -0.300 e. The summed E-state index contributed by atoms with van der Waals surface area (Å²) < 4.78 is 2.40. The number of amides is 2. The Morgan fingerprint density at radius 3 is 2.41 bits per heavy atom. The Morgan fingerprint density at radius 1 is 1.11 bits per heavy atom. The molecule has 0 saturated carbocycles. The van der Waals surface area contributed by atoms with Crippen molar-refractivity contribution in [3.63, 3.8) is 0 Å². The Bertz CT molecular complexity index is 1080. The average Bonchev–Trinajstić information content (AvgIpc) is 3.02. The number of aromatic nitrogens is 3. The standard InChI is InChI=1S/C20H18N4O2S/c1-2-11-23-16(21-22-20(23)27)10-5-12-24-18(25)14-8-3-6-13-7-4-9-15(17(13)14)19(24)26/h2-4,6-9H,1,5,10-12H2,(H,22,27). The largest absolute Gasteiger partial charge is 0.300 e. The third-order valence-electron chi connectivity index (χ3n) is 4.79. The first-order valence-electron chi connectivity index (χ1n) is 8.74. The third kappa shape index (κ3) is 2.90. The van der Waals surface area contributed by atoms with E-state index >= 15 is 0 Å². The summed E-state index contributed by atoms with van der Waals surface area (Å²) in [6, 6.07) is 11.1. The van der Waals surface area contributed by atoms with Crippen molar-refractivity contribution in [1.82, 2.24) is 19.7 Å². The van der Waals surface area contributed by atoms with Gasteiger partial charge in [0.05, 0.1) is 0 Å². The number of benzene rings is 2. The monoisotopic (exact) mass is 378 g/mol. The van der Waals surface area contributed by atoms with Crippen LogP contribution in [0, 0.1) is 4.77 Å². The third-order valence-corrected chi connectivity index (χ3v) is 5.10. The van der Waals surface area contributed by atoms with E-state index in [1.54, 1.807) is 18.2 Å². The molecule has 27 heavy (non-hydrogen) atoms. The number of nitrogens with zero attached hydrogens (tertiary/aromatic N) is 3. The quantitative estimate of drug-likeness (QED) is 0.405. The van der Waals surface area contributed by atoms with Crippen molar-refractivity contribution in [2.75, 3.05) is 6.54 Å². The van der Waals surface area contributed by atoms with E-state index in [9.17, 15) is 9.59 Å². The molecular weight excluding hydrogens is 360 g/mol. The van der Waals surface area contributed by atoms with E-state index in [1.807, 2.05) is 28.8 Å². The van der Waals surface area contributed by atoms with Gasteiger partial charge in [0.1, 0.15) is 5.82 Å². The molecule has 1 N–H and O–H groups in total. The van der Waals surface area contributed by atoms with Gasteiger partial charge in [-0.1, -0.05) is 30.3 Å². The zero-order valence-electron chi connectivity index (χ0n) is 14.6. The second-order valence-electron chi connectivity index (χ2n) is 6.42. The average molecular weight is 378 g/mol. The number of hydrogen-bond donors (Lipinski definition) is 1. The van der Waals surface area contributed by atoms with E-state index in [2.05, 4.69) is 16.8 Å². The molecule has 0 aliphatic carbocycles. The first-order valence-corrected chi connectivity index (χ1v) is 9.15. The Labute approximate surface area is 161 Å². The van der Waals surface area contributed by atoms with Crippen molar-refractivity contribution in [1.29, 1.82) is 0 Å². The summed E-state index contributed by atoms with van der Waals surface area (Å²) in [7, 11) is 0. The van der Waals surface area contributed by atoms with Crippen LogP contribution in [0.5, 0.6) is 0 Å². The van der Waals surface area contributed by atoms with Crippen molar-refractivity contribution >= 4 is 34.8 Å². The van der Waals surface area contributed by atoms with Crippen LogP contribution in [-0.2, 0) is 13.0 Å². The molecule has 0 fully saturated rings. The normalized spacial score (nSPS) is 13.4. The van der Waals surface area contributed by atoms with Crippen molar-refractivity contribution in [3.05, 3.63) is 70.8 Å². The molecule has 2 heterocycles. The van der Waals surface area contributed by atoms with Crippen LogP contribution in [0.25, 0.3) is 10.8 Å². The summed E-state index contributed by atoms with van der Waals surface area (Å²) in [6.07, 6.45) is 2.96. The van der Waals surface area contributed by atoms with Gasteiger partial charge < -0.3 is 4.57 Å². The summed E-state index contributed by atoms with van der Waals surface area (Å²) in [5, 5.41) is 8.66. The molecule has 3 aromatic rings. The molecule has 7 heteroatoms. The van der Waals surface area contributed by atoms with Crippen molar-refractivity contribution in [2.45, 2.75) is 19.4 Å². The maximum atomic E-state index is 12.9. The minimum atomic E-state index is -0.241. The lowest BCUT2D eigenvalue weighted by molar-refractivity contribution is 0.0608. The first kappa shape index (κ1) is 17.4. The van der Waals surface area contributed by atoms with Gasteiger partial charge in [0.2, 0.25) is 0 Å². The molecule has 136 valence electrons. The van der Waals surface area contributed by atoms with Gasteiger partial charge in [0, 0.05) is 36.0 Å². The second kappa shape index (κ2) is 6.92. The van der Waals surface area contributed by atoms with Crippen LogP contribution in [0.1, 0.15) is 33.0 Å². The fourth-order valence-corrected chi connectivity index (χ4v) is 3.76. The summed E-state index contributed by atoms with van der Waals surface area (Å²) in [5.41, 5.74) is 1.16. The first-order chi connectivity index (χ1) is 13.1. The number of H-pyrrole nitrogens is 1. The molecule has 6 nitrogen and oxygen atoms in total.